The van der Waals surface area contributed by atoms with Gasteiger partial charge in [0.05, 0.1) is 47.2 Å². The molecule has 0 radical (unpaired) electrons. The zero-order valence-corrected chi connectivity index (χ0v) is 18.2. The summed E-state index contributed by atoms with van der Waals surface area (Å²) in [6.07, 6.45) is -1.08. The van der Waals surface area contributed by atoms with Gasteiger partial charge in [-0.3, -0.25) is 0 Å². The molecule has 0 fully saturated rings. The Hall–Kier alpha value is -2.84. The van der Waals surface area contributed by atoms with Crippen molar-refractivity contribution in [3.05, 3.63) is 34.9 Å². The van der Waals surface area contributed by atoms with Crippen molar-refractivity contribution in [2.45, 2.75) is 25.2 Å². The first-order valence-electron chi connectivity index (χ1n) is 9.58. The van der Waals surface area contributed by atoms with E-state index in [1.165, 1.54) is 0 Å². The van der Waals surface area contributed by atoms with Crippen LogP contribution in [-0.2, 0) is 13.0 Å². The molecule has 8 heteroatoms. The number of fused-ring (bicyclic) bond motifs is 1. The van der Waals surface area contributed by atoms with E-state index < -0.39 is 12.2 Å². The fourth-order valence-corrected chi connectivity index (χ4v) is 3.82. The molecule has 0 saturated heterocycles. The highest BCUT2D eigenvalue weighted by molar-refractivity contribution is 5.60. The topological polar surface area (TPSA) is 87.6 Å². The number of nitrogens with one attached hydrogen (secondary N) is 1. The van der Waals surface area contributed by atoms with Gasteiger partial charge in [-0.05, 0) is 19.2 Å². The van der Waals surface area contributed by atoms with Gasteiger partial charge in [0.1, 0.15) is 17.2 Å². The highest BCUT2D eigenvalue weighted by atomic mass is 16.5. The zero-order chi connectivity index (χ0) is 21.8. The van der Waals surface area contributed by atoms with Gasteiger partial charge < -0.3 is 38.8 Å². The van der Waals surface area contributed by atoms with E-state index in [9.17, 15) is 5.11 Å². The van der Waals surface area contributed by atoms with E-state index in [0.717, 1.165) is 11.1 Å². The van der Waals surface area contributed by atoms with Gasteiger partial charge >= 0.3 is 0 Å². The maximum Gasteiger partial charge on any atom is 0.203 e. The zero-order valence-electron chi connectivity index (χ0n) is 18.2. The van der Waals surface area contributed by atoms with Crippen molar-refractivity contribution < 1.29 is 33.5 Å². The van der Waals surface area contributed by atoms with E-state index in [4.69, 9.17) is 28.4 Å². The van der Waals surface area contributed by atoms with Gasteiger partial charge in [-0.15, -0.1) is 0 Å². The Labute approximate surface area is 176 Å². The van der Waals surface area contributed by atoms with Crippen LogP contribution < -0.4 is 33.7 Å². The number of aliphatic hydroxyl groups excluding tert-OH is 1. The maximum atomic E-state index is 10.9. The maximum absolute atomic E-state index is 10.9. The summed E-state index contributed by atoms with van der Waals surface area (Å²) in [6, 6.07) is 5.39. The number of hydrogen-bond acceptors (Lipinski definition) is 8. The van der Waals surface area contributed by atoms with Gasteiger partial charge in [-0.1, -0.05) is 0 Å². The number of hydrogen-bond donors (Lipinski definition) is 2. The SMILES string of the molecule is CNCc1c(OC)cc(OC)c2c1O[C@H](c1cc(OC)c(OC)c(OC)c1)[C@H](O)C2. The van der Waals surface area contributed by atoms with Crippen molar-refractivity contribution >= 4 is 0 Å². The van der Waals surface area contributed by atoms with Crippen LogP contribution in [0.3, 0.4) is 0 Å². The molecule has 3 rings (SSSR count). The van der Waals surface area contributed by atoms with Gasteiger partial charge in [-0.2, -0.15) is 0 Å². The second kappa shape index (κ2) is 9.32. The largest absolute Gasteiger partial charge is 0.496 e. The van der Waals surface area contributed by atoms with Gasteiger partial charge in [0.15, 0.2) is 17.6 Å². The Balaban J connectivity index is 2.13. The Morgan fingerprint density at radius 3 is 2.00 bits per heavy atom. The average Bonchev–Trinajstić information content (AvgIpc) is 2.77. The summed E-state index contributed by atoms with van der Waals surface area (Å²) < 4.78 is 33.8. The second-order valence-electron chi connectivity index (χ2n) is 6.87. The van der Waals surface area contributed by atoms with Crippen LogP contribution in [0.5, 0.6) is 34.5 Å². The standard InChI is InChI=1S/C22H29NO7/c1-23-11-14-17(26-3)10-16(25-2)13-9-15(24)20(30-21(13)14)12-7-18(27-4)22(29-6)19(8-12)28-5/h7-8,10,15,20,23-24H,9,11H2,1-6H3/t15-,20-/m1/s1. The van der Waals surface area contributed by atoms with Crippen molar-refractivity contribution in [1.82, 2.24) is 5.32 Å². The second-order valence-corrected chi connectivity index (χ2v) is 6.87. The van der Waals surface area contributed by atoms with Crippen LogP contribution in [0.1, 0.15) is 22.8 Å². The van der Waals surface area contributed by atoms with Gasteiger partial charge in [0, 0.05) is 30.2 Å². The fourth-order valence-electron chi connectivity index (χ4n) is 3.82. The van der Waals surface area contributed by atoms with E-state index >= 15 is 0 Å². The summed E-state index contributed by atoms with van der Waals surface area (Å²) in [5, 5.41) is 14.1. The molecule has 0 spiro atoms. The first-order valence-corrected chi connectivity index (χ1v) is 9.58. The highest BCUT2D eigenvalue weighted by Crippen LogP contribution is 2.48. The molecule has 2 aromatic carbocycles. The van der Waals surface area contributed by atoms with Crippen LogP contribution in [0, 0.1) is 0 Å². The molecule has 0 bridgehead atoms. The predicted octanol–water partition coefficient (Wildman–Crippen LogP) is 2.49. The molecule has 30 heavy (non-hydrogen) atoms. The Morgan fingerprint density at radius 2 is 1.50 bits per heavy atom. The fraction of sp³-hybridized carbons (Fsp3) is 0.455. The van der Waals surface area contributed by atoms with E-state index in [-0.39, 0.29) is 0 Å². The molecule has 0 aliphatic carbocycles. The van der Waals surface area contributed by atoms with Crippen LogP contribution in [0.4, 0.5) is 0 Å². The normalized spacial score (nSPS) is 17.6. The number of rotatable bonds is 8. The van der Waals surface area contributed by atoms with Crippen LogP contribution in [-0.4, -0.2) is 53.8 Å². The predicted molar refractivity (Wildman–Crippen MR) is 111 cm³/mol. The molecule has 2 N–H and O–H groups in total. The summed E-state index contributed by atoms with van der Waals surface area (Å²) in [6.45, 7) is 0.535. The van der Waals surface area contributed by atoms with E-state index in [0.29, 0.717) is 53.0 Å². The van der Waals surface area contributed by atoms with Crippen molar-refractivity contribution in [3.8, 4) is 34.5 Å². The number of methoxy groups -OCH3 is 5. The van der Waals surface area contributed by atoms with Gasteiger partial charge in [-0.25, -0.2) is 0 Å². The van der Waals surface area contributed by atoms with Crippen molar-refractivity contribution in [1.29, 1.82) is 0 Å². The molecule has 0 unspecified atom stereocenters. The summed E-state index contributed by atoms with van der Waals surface area (Å²) >= 11 is 0. The summed E-state index contributed by atoms with van der Waals surface area (Å²) in [5.74, 6) is 3.38. The van der Waals surface area contributed by atoms with Gasteiger partial charge in [0.25, 0.3) is 0 Å². The lowest BCUT2D eigenvalue weighted by Crippen LogP contribution is -2.31. The smallest absolute Gasteiger partial charge is 0.203 e. The molecule has 2 atom stereocenters. The minimum atomic E-state index is -0.801. The lowest BCUT2D eigenvalue weighted by molar-refractivity contribution is 0.0187. The number of benzene rings is 2. The average molecular weight is 419 g/mol. The molecule has 8 nitrogen and oxygen atoms in total. The van der Waals surface area contributed by atoms with Gasteiger partial charge in [0.2, 0.25) is 5.75 Å². The van der Waals surface area contributed by atoms with E-state index in [2.05, 4.69) is 5.32 Å². The number of ether oxygens (including phenoxy) is 6. The molecule has 1 aliphatic rings. The van der Waals surface area contributed by atoms with Crippen molar-refractivity contribution in [2.75, 3.05) is 42.6 Å². The molecule has 0 aromatic heterocycles. The Bertz CT molecular complexity index is 852. The number of aliphatic hydroxyl groups is 1. The molecule has 0 saturated carbocycles. The quantitative estimate of drug-likeness (QED) is 0.675. The van der Waals surface area contributed by atoms with Crippen molar-refractivity contribution in [2.24, 2.45) is 0 Å². The van der Waals surface area contributed by atoms with Crippen LogP contribution >= 0.6 is 0 Å². The molecule has 1 heterocycles. The Kier molecular flexibility index (Phi) is 6.79. The summed E-state index contributed by atoms with van der Waals surface area (Å²) in [4.78, 5) is 0. The summed E-state index contributed by atoms with van der Waals surface area (Å²) in [7, 11) is 9.69. The first kappa shape index (κ1) is 21.9. The lowest BCUT2D eigenvalue weighted by atomic mass is 9.91. The minimum absolute atomic E-state index is 0.362. The van der Waals surface area contributed by atoms with Crippen LogP contribution in [0.15, 0.2) is 18.2 Å². The molecule has 1 aliphatic heterocycles. The lowest BCUT2D eigenvalue weighted by Gasteiger charge is -2.34. The molecule has 164 valence electrons. The third kappa shape index (κ3) is 3.80. The molecule has 2 aromatic rings. The third-order valence-electron chi connectivity index (χ3n) is 5.22. The molecule has 0 amide bonds. The molecular formula is C22H29NO7. The third-order valence-corrected chi connectivity index (χ3v) is 5.22. The van der Waals surface area contributed by atoms with Crippen molar-refractivity contribution in [3.63, 3.8) is 0 Å². The first-order chi connectivity index (χ1) is 14.5. The van der Waals surface area contributed by atoms with E-state index in [1.807, 2.05) is 13.1 Å². The minimum Gasteiger partial charge on any atom is -0.496 e. The Morgan fingerprint density at radius 1 is 0.900 bits per heavy atom. The van der Waals surface area contributed by atoms with E-state index in [1.54, 1.807) is 47.7 Å². The summed E-state index contributed by atoms with van der Waals surface area (Å²) in [5.41, 5.74) is 2.37. The highest BCUT2D eigenvalue weighted by Gasteiger charge is 2.35. The van der Waals surface area contributed by atoms with Crippen LogP contribution in [0.2, 0.25) is 0 Å². The molecular weight excluding hydrogens is 390 g/mol. The van der Waals surface area contributed by atoms with Crippen LogP contribution in [0.25, 0.3) is 0 Å². The monoisotopic (exact) mass is 419 g/mol.